The molecule has 0 rings (SSSR count). The van der Waals surface area contributed by atoms with Gasteiger partial charge in [-0.1, -0.05) is 70.9 Å². The molecule has 0 aromatic rings. The van der Waals surface area contributed by atoms with Crippen LogP contribution in [-0.4, -0.2) is 0 Å². The van der Waals surface area contributed by atoms with Crippen LogP contribution in [0.5, 0.6) is 0 Å². The van der Waals surface area contributed by atoms with Crippen LogP contribution in [0.3, 0.4) is 0 Å². The number of hydrogen-bond acceptors (Lipinski definition) is 0. The Morgan fingerprint density at radius 2 is 1.31 bits per heavy atom. The fraction of sp³-hybridized carbons (Fsp3) is 0.625. The van der Waals surface area contributed by atoms with Crippen LogP contribution in [0.2, 0.25) is 0 Å². The first-order valence-electron chi connectivity index (χ1n) is 6.64. The highest BCUT2D eigenvalue weighted by atomic mass is 13.8. The normalized spacial score (nSPS) is 9.38. The summed E-state index contributed by atoms with van der Waals surface area (Å²) in [7, 11) is 0. The van der Waals surface area contributed by atoms with E-state index in [1.54, 1.807) is 0 Å². The van der Waals surface area contributed by atoms with E-state index >= 15 is 0 Å². The van der Waals surface area contributed by atoms with Gasteiger partial charge in [-0.3, -0.25) is 0 Å². The Bertz CT molecular complexity index is 149. The molecule has 0 heteroatoms. The Kier molecular flexibility index (Phi) is 30.6. The summed E-state index contributed by atoms with van der Waals surface area (Å²) in [5.41, 5.74) is 1.29. The second-order valence-corrected chi connectivity index (χ2v) is 3.38. The minimum atomic E-state index is 1.13. The van der Waals surface area contributed by atoms with Crippen molar-refractivity contribution in [3.8, 4) is 0 Å². The monoisotopic (exact) mass is 224 g/mol. The molecular weight excluding hydrogens is 192 g/mol. The maximum absolute atomic E-state index is 3.74. The Hall–Kier alpha value is -0.780. The smallest absolute Gasteiger partial charge is 0.0328 e. The molecule has 0 N–H and O–H groups in total. The molecule has 0 radical (unpaired) electrons. The summed E-state index contributed by atoms with van der Waals surface area (Å²) < 4.78 is 0. The van der Waals surface area contributed by atoms with E-state index in [4.69, 9.17) is 0 Å². The molecule has 0 aliphatic heterocycles. The molecule has 0 unspecified atom stereocenters. The van der Waals surface area contributed by atoms with Gasteiger partial charge in [0.2, 0.25) is 0 Å². The maximum Gasteiger partial charge on any atom is -0.0328 e. The molecule has 0 spiro atoms. The molecule has 96 valence electrons. The zero-order valence-electron chi connectivity index (χ0n) is 12.3. The van der Waals surface area contributed by atoms with E-state index in [0.29, 0.717) is 0 Å². The van der Waals surface area contributed by atoms with Crippen LogP contribution in [0.25, 0.3) is 0 Å². The first kappa shape index (κ1) is 20.6. The third-order valence-electron chi connectivity index (χ3n) is 1.53. The molecule has 16 heavy (non-hydrogen) atoms. The van der Waals surface area contributed by atoms with Crippen molar-refractivity contribution in [2.24, 2.45) is 0 Å². The molecule has 0 aromatic carbocycles. The predicted molar refractivity (Wildman–Crippen MR) is 79.9 cm³/mol. The first-order valence-corrected chi connectivity index (χ1v) is 6.64. The van der Waals surface area contributed by atoms with Gasteiger partial charge in [-0.25, -0.2) is 0 Å². The Morgan fingerprint density at radius 3 is 1.44 bits per heavy atom. The van der Waals surface area contributed by atoms with Gasteiger partial charge in [0, 0.05) is 0 Å². The Labute approximate surface area is 104 Å². The molecule has 0 heterocycles. The lowest BCUT2D eigenvalue weighted by Crippen LogP contribution is -1.66. The van der Waals surface area contributed by atoms with Gasteiger partial charge in [0.15, 0.2) is 0 Å². The van der Waals surface area contributed by atoms with Crippen LogP contribution in [0.15, 0.2) is 36.5 Å². The Balaban J connectivity index is -0.000000188. The molecular formula is C16H32. The summed E-state index contributed by atoms with van der Waals surface area (Å²) in [5.74, 6) is 0. The second-order valence-electron chi connectivity index (χ2n) is 3.38. The standard InChI is InChI=1S/C8H14.C6H12.C2H6/c1-3-5-7-8-6-4-2;1-4-5-6(2)3;1-2/h5-8H,3-4H2,1-2H3;2,4-5H2,1,3H3;1-2H3/b7-5-,8-6-;;. The topological polar surface area (TPSA) is 0 Å². The van der Waals surface area contributed by atoms with Gasteiger partial charge in [0.25, 0.3) is 0 Å². The quantitative estimate of drug-likeness (QED) is 0.379. The van der Waals surface area contributed by atoms with Crippen molar-refractivity contribution >= 4 is 0 Å². The summed E-state index contributed by atoms with van der Waals surface area (Å²) in [5, 5.41) is 0. The highest BCUT2D eigenvalue weighted by molar-refractivity contribution is 5.01. The third kappa shape index (κ3) is 37.9. The molecule has 0 saturated heterocycles. The molecule has 0 atom stereocenters. The SMILES string of the molecule is C=C(C)CCC.CC.CC/C=C\C=C/CC. The molecule has 0 fully saturated rings. The summed E-state index contributed by atoms with van der Waals surface area (Å²) in [6.07, 6.45) is 13.1. The third-order valence-corrected chi connectivity index (χ3v) is 1.53. The lowest BCUT2D eigenvalue weighted by Gasteiger charge is -1.87. The van der Waals surface area contributed by atoms with E-state index in [1.165, 1.54) is 18.4 Å². The van der Waals surface area contributed by atoms with Crippen molar-refractivity contribution in [2.45, 2.75) is 67.2 Å². The molecule has 0 aliphatic rings. The van der Waals surface area contributed by atoms with Crippen LogP contribution in [0.1, 0.15) is 67.2 Å². The highest BCUT2D eigenvalue weighted by Crippen LogP contribution is 1.96. The van der Waals surface area contributed by atoms with E-state index in [2.05, 4.69) is 58.6 Å². The zero-order valence-corrected chi connectivity index (χ0v) is 12.3. The van der Waals surface area contributed by atoms with Crippen molar-refractivity contribution in [3.63, 3.8) is 0 Å². The minimum absolute atomic E-state index is 1.13. The van der Waals surface area contributed by atoms with Gasteiger partial charge >= 0.3 is 0 Å². The lowest BCUT2D eigenvalue weighted by atomic mass is 10.2. The van der Waals surface area contributed by atoms with Gasteiger partial charge in [-0.2, -0.15) is 0 Å². The number of allylic oxidation sites excluding steroid dienone is 5. The van der Waals surface area contributed by atoms with E-state index in [1.807, 2.05) is 13.8 Å². The highest BCUT2D eigenvalue weighted by Gasteiger charge is 1.76. The molecule has 0 aromatic heterocycles. The van der Waals surface area contributed by atoms with Gasteiger partial charge in [-0.15, -0.1) is 6.58 Å². The van der Waals surface area contributed by atoms with Crippen LogP contribution in [0.4, 0.5) is 0 Å². The van der Waals surface area contributed by atoms with Crippen molar-refractivity contribution < 1.29 is 0 Å². The van der Waals surface area contributed by atoms with Crippen molar-refractivity contribution in [1.82, 2.24) is 0 Å². The fourth-order valence-electron chi connectivity index (χ4n) is 0.856. The summed E-state index contributed by atoms with van der Waals surface area (Å²) in [4.78, 5) is 0. The fourth-order valence-corrected chi connectivity index (χ4v) is 0.856. The van der Waals surface area contributed by atoms with Crippen molar-refractivity contribution in [3.05, 3.63) is 36.5 Å². The van der Waals surface area contributed by atoms with E-state index in [9.17, 15) is 0 Å². The average molecular weight is 224 g/mol. The van der Waals surface area contributed by atoms with Gasteiger partial charge in [-0.05, 0) is 26.2 Å². The average Bonchev–Trinajstić information content (AvgIpc) is 2.28. The Morgan fingerprint density at radius 1 is 0.938 bits per heavy atom. The van der Waals surface area contributed by atoms with E-state index in [-0.39, 0.29) is 0 Å². The van der Waals surface area contributed by atoms with Crippen LogP contribution in [-0.2, 0) is 0 Å². The minimum Gasteiger partial charge on any atom is -0.100 e. The van der Waals surface area contributed by atoms with E-state index in [0.717, 1.165) is 12.8 Å². The number of hydrogen-bond donors (Lipinski definition) is 0. The molecule has 0 aliphatic carbocycles. The largest absolute Gasteiger partial charge is 0.100 e. The van der Waals surface area contributed by atoms with E-state index < -0.39 is 0 Å². The lowest BCUT2D eigenvalue weighted by molar-refractivity contribution is 0.910. The number of rotatable bonds is 5. The van der Waals surface area contributed by atoms with Crippen LogP contribution < -0.4 is 0 Å². The molecule has 0 nitrogen and oxygen atoms in total. The summed E-state index contributed by atoms with van der Waals surface area (Å²) in [6.45, 7) is 16.2. The summed E-state index contributed by atoms with van der Waals surface area (Å²) >= 11 is 0. The predicted octanol–water partition coefficient (Wildman–Crippen LogP) is 6.31. The summed E-state index contributed by atoms with van der Waals surface area (Å²) in [6, 6.07) is 0. The molecule has 0 amide bonds. The molecule has 0 saturated carbocycles. The van der Waals surface area contributed by atoms with Gasteiger partial charge in [0.05, 0.1) is 0 Å². The second kappa shape index (κ2) is 23.8. The van der Waals surface area contributed by atoms with Crippen LogP contribution >= 0.6 is 0 Å². The zero-order chi connectivity index (χ0) is 13.2. The van der Waals surface area contributed by atoms with Gasteiger partial charge < -0.3 is 0 Å². The van der Waals surface area contributed by atoms with Crippen LogP contribution in [0, 0.1) is 0 Å². The maximum atomic E-state index is 3.74. The first-order chi connectivity index (χ1) is 7.68. The van der Waals surface area contributed by atoms with Crippen molar-refractivity contribution in [2.75, 3.05) is 0 Å². The molecule has 0 bridgehead atoms. The van der Waals surface area contributed by atoms with Crippen molar-refractivity contribution in [1.29, 1.82) is 0 Å². The van der Waals surface area contributed by atoms with Gasteiger partial charge in [0.1, 0.15) is 0 Å².